The van der Waals surface area contributed by atoms with Crippen molar-refractivity contribution >= 4 is 28.7 Å². The standard InChI is InChI=1S/C27H27F2N7O/c28-18-3-8-23(29)21(16-18)24-2-1-12-35(24)25-9-13-36-26(33-25)22(17-31-36)27(37)32-19-4-6-20(7-5-19)34-14-10-30-11-15-34/h3-9,13,16-17,24,30H,1-2,10-12,14-15H2,(H,32,37). The molecule has 0 bridgehead atoms. The highest BCUT2D eigenvalue weighted by molar-refractivity contribution is 6.08. The maximum Gasteiger partial charge on any atom is 0.261 e. The van der Waals surface area contributed by atoms with Crippen molar-refractivity contribution in [3.05, 3.63) is 83.7 Å². The van der Waals surface area contributed by atoms with Crippen LogP contribution in [0.5, 0.6) is 0 Å². The quantitative estimate of drug-likeness (QED) is 0.429. The van der Waals surface area contributed by atoms with Gasteiger partial charge in [0.1, 0.15) is 23.0 Å². The highest BCUT2D eigenvalue weighted by Crippen LogP contribution is 2.37. The number of nitrogens with one attached hydrogen (secondary N) is 2. The molecule has 0 radical (unpaired) electrons. The molecule has 1 amide bonds. The van der Waals surface area contributed by atoms with Crippen LogP contribution in [-0.2, 0) is 0 Å². The van der Waals surface area contributed by atoms with Gasteiger partial charge in [0, 0.05) is 55.9 Å². The maximum atomic E-state index is 14.5. The summed E-state index contributed by atoms with van der Waals surface area (Å²) in [7, 11) is 0. The number of hydrogen-bond acceptors (Lipinski definition) is 6. The van der Waals surface area contributed by atoms with Crippen LogP contribution in [0.25, 0.3) is 5.65 Å². The van der Waals surface area contributed by atoms with Gasteiger partial charge in [-0.15, -0.1) is 0 Å². The summed E-state index contributed by atoms with van der Waals surface area (Å²) in [6, 6.07) is 12.8. The summed E-state index contributed by atoms with van der Waals surface area (Å²) < 4.78 is 29.9. The number of hydrogen-bond donors (Lipinski definition) is 2. The number of nitrogens with zero attached hydrogens (tertiary/aromatic N) is 5. The average Bonchev–Trinajstić information content (AvgIpc) is 3.58. The Bertz CT molecular complexity index is 1430. The number of anilines is 3. The molecule has 0 aliphatic carbocycles. The van der Waals surface area contributed by atoms with Gasteiger partial charge in [-0.25, -0.2) is 18.3 Å². The van der Waals surface area contributed by atoms with Crippen LogP contribution < -0.4 is 20.4 Å². The molecule has 2 aliphatic heterocycles. The van der Waals surface area contributed by atoms with Crippen LogP contribution in [0.1, 0.15) is 34.8 Å². The van der Waals surface area contributed by atoms with Crippen molar-refractivity contribution in [2.75, 3.05) is 47.8 Å². The van der Waals surface area contributed by atoms with E-state index in [0.29, 0.717) is 41.2 Å². The molecule has 2 aromatic heterocycles. The van der Waals surface area contributed by atoms with E-state index in [1.54, 1.807) is 16.8 Å². The highest BCUT2D eigenvalue weighted by atomic mass is 19.1. The smallest absolute Gasteiger partial charge is 0.261 e. The summed E-state index contributed by atoms with van der Waals surface area (Å²) in [6.45, 7) is 4.46. The van der Waals surface area contributed by atoms with E-state index < -0.39 is 11.6 Å². The number of halogens is 2. The van der Waals surface area contributed by atoms with Gasteiger partial charge in [0.25, 0.3) is 5.91 Å². The van der Waals surface area contributed by atoms with E-state index in [2.05, 4.69) is 20.6 Å². The van der Waals surface area contributed by atoms with E-state index >= 15 is 0 Å². The fourth-order valence-corrected chi connectivity index (χ4v) is 5.19. The Hall–Kier alpha value is -4.05. The zero-order chi connectivity index (χ0) is 25.4. The van der Waals surface area contributed by atoms with Gasteiger partial charge in [-0.2, -0.15) is 5.10 Å². The first-order valence-electron chi connectivity index (χ1n) is 12.5. The van der Waals surface area contributed by atoms with Crippen molar-refractivity contribution in [1.82, 2.24) is 19.9 Å². The summed E-state index contributed by atoms with van der Waals surface area (Å²) in [4.78, 5) is 22.1. The Kier molecular flexibility index (Phi) is 6.17. The summed E-state index contributed by atoms with van der Waals surface area (Å²) in [5.41, 5.74) is 2.85. The molecule has 0 spiro atoms. The minimum atomic E-state index is -0.470. The van der Waals surface area contributed by atoms with Crippen LogP contribution in [-0.4, -0.2) is 53.2 Å². The van der Waals surface area contributed by atoms with E-state index in [0.717, 1.165) is 50.4 Å². The number of carbonyl (C=O) groups is 1. The lowest BCUT2D eigenvalue weighted by atomic mass is 10.0. The van der Waals surface area contributed by atoms with E-state index in [9.17, 15) is 13.6 Å². The van der Waals surface area contributed by atoms with Crippen LogP contribution >= 0.6 is 0 Å². The van der Waals surface area contributed by atoms with Crippen molar-refractivity contribution < 1.29 is 13.6 Å². The fraction of sp³-hybridized carbons (Fsp3) is 0.296. The summed E-state index contributed by atoms with van der Waals surface area (Å²) in [6.07, 6.45) is 4.73. The number of rotatable bonds is 5. The zero-order valence-electron chi connectivity index (χ0n) is 20.2. The predicted octanol–water partition coefficient (Wildman–Crippen LogP) is 4.01. The molecule has 2 fully saturated rings. The van der Waals surface area contributed by atoms with Crippen LogP contribution in [0.2, 0.25) is 0 Å². The number of amides is 1. The topological polar surface area (TPSA) is 77.8 Å². The van der Waals surface area contributed by atoms with E-state index in [-0.39, 0.29) is 11.9 Å². The summed E-state index contributed by atoms with van der Waals surface area (Å²) >= 11 is 0. The molecular formula is C27H27F2N7O. The zero-order valence-corrected chi connectivity index (χ0v) is 20.2. The molecule has 2 aliphatic rings. The Labute approximate surface area is 212 Å². The van der Waals surface area contributed by atoms with Gasteiger partial charge < -0.3 is 20.4 Å². The van der Waals surface area contributed by atoms with Crippen LogP contribution in [0.4, 0.5) is 26.0 Å². The SMILES string of the molecule is O=C(Nc1ccc(N2CCNCC2)cc1)c1cnn2ccc(N3CCCC3c3cc(F)ccc3F)nc12. The Morgan fingerprint density at radius 1 is 1.03 bits per heavy atom. The molecule has 190 valence electrons. The van der Waals surface area contributed by atoms with Gasteiger partial charge in [0.05, 0.1) is 12.2 Å². The Morgan fingerprint density at radius 3 is 2.65 bits per heavy atom. The monoisotopic (exact) mass is 503 g/mol. The average molecular weight is 504 g/mol. The maximum absolute atomic E-state index is 14.5. The molecule has 2 saturated heterocycles. The molecule has 10 heteroatoms. The van der Waals surface area contributed by atoms with Gasteiger partial charge in [-0.05, 0) is 61.4 Å². The van der Waals surface area contributed by atoms with Crippen LogP contribution in [0.15, 0.2) is 60.9 Å². The second-order valence-electron chi connectivity index (χ2n) is 9.37. The lowest BCUT2D eigenvalue weighted by Crippen LogP contribution is -2.43. The largest absolute Gasteiger partial charge is 0.369 e. The van der Waals surface area contributed by atoms with Gasteiger partial charge >= 0.3 is 0 Å². The van der Waals surface area contributed by atoms with Gasteiger partial charge in [0.15, 0.2) is 5.65 Å². The highest BCUT2D eigenvalue weighted by Gasteiger charge is 2.30. The molecule has 0 saturated carbocycles. The lowest BCUT2D eigenvalue weighted by Gasteiger charge is -2.29. The minimum Gasteiger partial charge on any atom is -0.369 e. The molecule has 6 rings (SSSR count). The Morgan fingerprint density at radius 2 is 1.84 bits per heavy atom. The van der Waals surface area contributed by atoms with Crippen molar-refractivity contribution in [3.63, 3.8) is 0 Å². The molecule has 37 heavy (non-hydrogen) atoms. The molecule has 4 aromatic rings. The summed E-state index contributed by atoms with van der Waals surface area (Å²) in [5.74, 6) is -0.633. The van der Waals surface area contributed by atoms with E-state index in [4.69, 9.17) is 4.98 Å². The number of piperazine rings is 1. The second kappa shape index (κ2) is 9.78. The van der Waals surface area contributed by atoms with Gasteiger partial charge in [-0.1, -0.05) is 0 Å². The first-order valence-corrected chi connectivity index (χ1v) is 12.5. The number of fused-ring (bicyclic) bond motifs is 1. The molecule has 1 unspecified atom stereocenters. The van der Waals surface area contributed by atoms with Crippen LogP contribution in [0.3, 0.4) is 0 Å². The van der Waals surface area contributed by atoms with Gasteiger partial charge in [-0.3, -0.25) is 4.79 Å². The third kappa shape index (κ3) is 4.60. The molecule has 2 aromatic carbocycles. The van der Waals surface area contributed by atoms with Crippen molar-refractivity contribution in [2.24, 2.45) is 0 Å². The van der Waals surface area contributed by atoms with Gasteiger partial charge in [0.2, 0.25) is 0 Å². The van der Waals surface area contributed by atoms with E-state index in [1.807, 2.05) is 29.2 Å². The van der Waals surface area contributed by atoms with Crippen LogP contribution in [0, 0.1) is 11.6 Å². The summed E-state index contributed by atoms with van der Waals surface area (Å²) in [5, 5.41) is 10.6. The molecule has 1 atom stereocenters. The van der Waals surface area contributed by atoms with E-state index in [1.165, 1.54) is 12.3 Å². The molecule has 8 nitrogen and oxygen atoms in total. The first-order chi connectivity index (χ1) is 18.1. The third-order valence-corrected chi connectivity index (χ3v) is 7.07. The van der Waals surface area contributed by atoms with Crippen molar-refractivity contribution in [3.8, 4) is 0 Å². The number of benzene rings is 2. The molecule has 4 heterocycles. The lowest BCUT2D eigenvalue weighted by molar-refractivity contribution is 0.102. The molecule has 2 N–H and O–H groups in total. The third-order valence-electron chi connectivity index (χ3n) is 7.07. The first kappa shape index (κ1) is 23.4. The fourth-order valence-electron chi connectivity index (χ4n) is 5.19. The minimum absolute atomic E-state index is 0.315. The second-order valence-corrected chi connectivity index (χ2v) is 9.37. The Balaban J connectivity index is 1.23. The molecular weight excluding hydrogens is 476 g/mol. The van der Waals surface area contributed by atoms with Crippen molar-refractivity contribution in [2.45, 2.75) is 18.9 Å². The predicted molar refractivity (Wildman–Crippen MR) is 138 cm³/mol. The normalized spacial score (nSPS) is 17.9. The number of carbonyl (C=O) groups excluding carboxylic acids is 1. The van der Waals surface area contributed by atoms with Crippen molar-refractivity contribution in [1.29, 1.82) is 0 Å². The number of aromatic nitrogens is 3.